The fourth-order valence-corrected chi connectivity index (χ4v) is 2.21. The lowest BCUT2D eigenvalue weighted by Gasteiger charge is -2.03. The summed E-state index contributed by atoms with van der Waals surface area (Å²) < 4.78 is 5.07. The topological polar surface area (TPSA) is 90.1 Å². The summed E-state index contributed by atoms with van der Waals surface area (Å²) in [5.41, 5.74) is 5.94. The summed E-state index contributed by atoms with van der Waals surface area (Å²) in [7, 11) is 1.56. The number of anilines is 1. The summed E-state index contributed by atoms with van der Waals surface area (Å²) in [5, 5.41) is 11.8. The summed E-state index contributed by atoms with van der Waals surface area (Å²) >= 11 is 1.32. The van der Waals surface area contributed by atoms with Crippen molar-refractivity contribution in [1.82, 2.24) is 10.2 Å². The predicted molar refractivity (Wildman–Crippen MR) is 73.6 cm³/mol. The first kappa shape index (κ1) is 13.4. The number of hydrogen-bond acceptors (Lipinski definition) is 6. The first-order valence-electron chi connectivity index (χ1n) is 5.71. The van der Waals surface area contributed by atoms with Gasteiger partial charge in [0.2, 0.25) is 5.13 Å². The minimum absolute atomic E-state index is 0.241. The number of nitrogens with one attached hydrogen (secondary N) is 1. The first-order valence-corrected chi connectivity index (χ1v) is 6.52. The van der Waals surface area contributed by atoms with Gasteiger partial charge in [0, 0.05) is 12.0 Å². The van der Waals surface area contributed by atoms with Gasteiger partial charge in [0.1, 0.15) is 10.8 Å². The number of carbonyl (C=O) groups excluding carboxylic acids is 1. The maximum atomic E-state index is 12.0. The second-order valence-electron chi connectivity index (χ2n) is 3.73. The Morgan fingerprint density at radius 2 is 2.32 bits per heavy atom. The fourth-order valence-electron chi connectivity index (χ4n) is 1.46. The molecule has 100 valence electrons. The largest absolute Gasteiger partial charge is 0.497 e. The van der Waals surface area contributed by atoms with Crippen molar-refractivity contribution in [2.45, 2.75) is 6.42 Å². The van der Waals surface area contributed by atoms with E-state index in [0.717, 1.165) is 5.01 Å². The van der Waals surface area contributed by atoms with E-state index in [-0.39, 0.29) is 5.91 Å². The van der Waals surface area contributed by atoms with Gasteiger partial charge in [0.15, 0.2) is 0 Å². The van der Waals surface area contributed by atoms with E-state index in [9.17, 15) is 4.79 Å². The Bertz CT molecular complexity index is 570. The number of nitrogens with zero attached hydrogens (tertiary/aromatic N) is 2. The molecule has 7 heteroatoms. The van der Waals surface area contributed by atoms with E-state index in [1.807, 2.05) is 0 Å². The van der Waals surface area contributed by atoms with Gasteiger partial charge in [0.05, 0.1) is 7.11 Å². The molecule has 1 heterocycles. The van der Waals surface area contributed by atoms with Crippen molar-refractivity contribution in [3.8, 4) is 5.75 Å². The highest BCUT2D eigenvalue weighted by molar-refractivity contribution is 7.15. The zero-order valence-electron chi connectivity index (χ0n) is 10.4. The van der Waals surface area contributed by atoms with Crippen LogP contribution in [-0.2, 0) is 6.42 Å². The number of hydrogen-bond donors (Lipinski definition) is 2. The van der Waals surface area contributed by atoms with Crippen LogP contribution < -0.4 is 15.8 Å². The quantitative estimate of drug-likeness (QED) is 0.860. The third kappa shape index (κ3) is 3.49. The molecule has 2 rings (SSSR count). The molecule has 0 aliphatic rings. The molecule has 1 aromatic carbocycles. The lowest BCUT2D eigenvalue weighted by Crippen LogP contribution is -2.11. The van der Waals surface area contributed by atoms with Gasteiger partial charge in [-0.25, -0.2) is 0 Å². The molecule has 6 nitrogen and oxygen atoms in total. The standard InChI is InChI=1S/C12H14N4O2S/c1-18-9-4-2-3-8(7-9)11(17)14-12-16-15-10(19-12)5-6-13/h2-4,7H,5-6,13H2,1H3,(H,14,16,17). The van der Waals surface area contributed by atoms with Gasteiger partial charge in [-0.3, -0.25) is 10.1 Å². The molecule has 0 aliphatic carbocycles. The lowest BCUT2D eigenvalue weighted by molar-refractivity contribution is 0.102. The minimum Gasteiger partial charge on any atom is -0.497 e. The van der Waals surface area contributed by atoms with E-state index in [2.05, 4.69) is 15.5 Å². The molecule has 1 aromatic heterocycles. The molecular weight excluding hydrogens is 264 g/mol. The first-order chi connectivity index (χ1) is 9.22. The van der Waals surface area contributed by atoms with Gasteiger partial charge >= 0.3 is 0 Å². The Morgan fingerprint density at radius 1 is 1.47 bits per heavy atom. The van der Waals surface area contributed by atoms with Crippen molar-refractivity contribution < 1.29 is 9.53 Å². The average molecular weight is 278 g/mol. The highest BCUT2D eigenvalue weighted by atomic mass is 32.1. The van der Waals surface area contributed by atoms with Gasteiger partial charge in [-0.2, -0.15) is 0 Å². The molecule has 0 radical (unpaired) electrons. The van der Waals surface area contributed by atoms with Gasteiger partial charge in [0.25, 0.3) is 5.91 Å². The van der Waals surface area contributed by atoms with Crippen LogP contribution in [0.3, 0.4) is 0 Å². The van der Waals surface area contributed by atoms with Crippen LogP contribution >= 0.6 is 11.3 Å². The molecule has 3 N–H and O–H groups in total. The average Bonchev–Trinajstić information content (AvgIpc) is 2.86. The summed E-state index contributed by atoms with van der Waals surface area (Å²) in [6, 6.07) is 6.91. The number of methoxy groups -OCH3 is 1. The van der Waals surface area contributed by atoms with Crippen molar-refractivity contribution >= 4 is 22.4 Å². The molecule has 0 saturated carbocycles. The third-order valence-corrected chi connectivity index (χ3v) is 3.28. The fraction of sp³-hybridized carbons (Fsp3) is 0.250. The number of carbonyl (C=O) groups is 1. The van der Waals surface area contributed by atoms with Gasteiger partial charge < -0.3 is 10.5 Å². The Hall–Kier alpha value is -1.99. The van der Waals surface area contributed by atoms with Gasteiger partial charge in [-0.15, -0.1) is 10.2 Å². The van der Waals surface area contributed by atoms with Crippen molar-refractivity contribution in [3.63, 3.8) is 0 Å². The molecule has 0 aliphatic heterocycles. The number of benzene rings is 1. The molecule has 0 unspecified atom stereocenters. The van der Waals surface area contributed by atoms with E-state index < -0.39 is 0 Å². The third-order valence-electron chi connectivity index (χ3n) is 2.38. The zero-order chi connectivity index (χ0) is 13.7. The molecule has 0 bridgehead atoms. The van der Waals surface area contributed by atoms with Crippen LogP contribution in [0.5, 0.6) is 5.75 Å². The monoisotopic (exact) mass is 278 g/mol. The smallest absolute Gasteiger partial charge is 0.257 e. The summed E-state index contributed by atoms with van der Waals surface area (Å²) in [6.45, 7) is 0.512. The highest BCUT2D eigenvalue weighted by Gasteiger charge is 2.10. The second kappa shape index (κ2) is 6.26. The number of aromatic nitrogens is 2. The van der Waals surface area contributed by atoms with E-state index >= 15 is 0 Å². The van der Waals surface area contributed by atoms with E-state index in [0.29, 0.717) is 29.4 Å². The van der Waals surface area contributed by atoms with Crippen LogP contribution in [0.1, 0.15) is 15.4 Å². The van der Waals surface area contributed by atoms with E-state index in [1.165, 1.54) is 11.3 Å². The van der Waals surface area contributed by atoms with Crippen LogP contribution in [0.15, 0.2) is 24.3 Å². The second-order valence-corrected chi connectivity index (χ2v) is 4.79. The van der Waals surface area contributed by atoms with Crippen molar-refractivity contribution in [2.24, 2.45) is 5.73 Å². The molecule has 0 fully saturated rings. The minimum atomic E-state index is -0.241. The highest BCUT2D eigenvalue weighted by Crippen LogP contribution is 2.18. The molecule has 1 amide bonds. The van der Waals surface area contributed by atoms with Crippen LogP contribution in [0, 0.1) is 0 Å². The van der Waals surface area contributed by atoms with Crippen molar-refractivity contribution in [1.29, 1.82) is 0 Å². The number of amides is 1. The number of nitrogens with two attached hydrogens (primary N) is 1. The number of ether oxygens (including phenoxy) is 1. The normalized spacial score (nSPS) is 10.2. The molecule has 2 aromatic rings. The summed E-state index contributed by atoms with van der Waals surface area (Å²) in [5.74, 6) is 0.392. The Labute approximate surface area is 114 Å². The van der Waals surface area contributed by atoms with E-state index in [4.69, 9.17) is 10.5 Å². The maximum absolute atomic E-state index is 12.0. The van der Waals surface area contributed by atoms with Crippen LogP contribution in [0.25, 0.3) is 0 Å². The van der Waals surface area contributed by atoms with Crippen LogP contribution in [0.2, 0.25) is 0 Å². The van der Waals surface area contributed by atoms with Crippen LogP contribution in [0.4, 0.5) is 5.13 Å². The maximum Gasteiger partial charge on any atom is 0.257 e. The molecule has 0 atom stereocenters. The SMILES string of the molecule is COc1cccc(C(=O)Nc2nnc(CCN)s2)c1. The summed E-state index contributed by atoms with van der Waals surface area (Å²) in [6.07, 6.45) is 0.659. The summed E-state index contributed by atoms with van der Waals surface area (Å²) in [4.78, 5) is 12.0. The van der Waals surface area contributed by atoms with Crippen molar-refractivity contribution in [2.75, 3.05) is 19.0 Å². The van der Waals surface area contributed by atoms with Crippen LogP contribution in [-0.4, -0.2) is 29.8 Å². The Morgan fingerprint density at radius 3 is 3.05 bits per heavy atom. The lowest BCUT2D eigenvalue weighted by atomic mass is 10.2. The molecule has 0 saturated heterocycles. The Kier molecular flexibility index (Phi) is 4.43. The predicted octanol–water partition coefficient (Wildman–Crippen LogP) is 1.30. The van der Waals surface area contributed by atoms with E-state index in [1.54, 1.807) is 31.4 Å². The molecule has 19 heavy (non-hydrogen) atoms. The number of rotatable bonds is 5. The Balaban J connectivity index is 2.06. The zero-order valence-corrected chi connectivity index (χ0v) is 11.2. The molecule has 0 spiro atoms. The van der Waals surface area contributed by atoms with Gasteiger partial charge in [-0.05, 0) is 24.7 Å². The van der Waals surface area contributed by atoms with Gasteiger partial charge in [-0.1, -0.05) is 17.4 Å². The van der Waals surface area contributed by atoms with Crippen molar-refractivity contribution in [3.05, 3.63) is 34.8 Å². The molecular formula is C12H14N4O2S.